The molecule has 0 radical (unpaired) electrons. The van der Waals surface area contributed by atoms with Gasteiger partial charge in [-0.15, -0.1) is 0 Å². The second-order valence-electron chi connectivity index (χ2n) is 7.24. The number of nitrogens with one attached hydrogen (secondary N) is 1. The number of hydrogen-bond donors (Lipinski definition) is 1. The number of benzene rings is 1. The second kappa shape index (κ2) is 7.43. The topological polar surface area (TPSA) is 111 Å². The first-order chi connectivity index (χ1) is 13.8. The molecule has 3 aromatic rings. The van der Waals surface area contributed by atoms with Crippen LogP contribution in [0.3, 0.4) is 0 Å². The normalized spacial score (nSPS) is 18.6. The first kappa shape index (κ1) is 19.3. The third kappa shape index (κ3) is 3.93. The summed E-state index contributed by atoms with van der Waals surface area (Å²) in [5, 5.41) is 8.55. The minimum absolute atomic E-state index is 0.106. The number of hydrogen-bond acceptors (Lipinski definition) is 6. The molecule has 0 aliphatic carbocycles. The molecular formula is C19H22N6O3S. The van der Waals surface area contributed by atoms with Gasteiger partial charge < -0.3 is 4.57 Å². The van der Waals surface area contributed by atoms with E-state index in [1.807, 2.05) is 38.1 Å². The highest BCUT2D eigenvalue weighted by molar-refractivity contribution is 7.91. The number of aryl methyl sites for hydroxylation is 1. The predicted molar refractivity (Wildman–Crippen MR) is 109 cm³/mol. The van der Waals surface area contributed by atoms with Crippen molar-refractivity contribution in [3.63, 3.8) is 0 Å². The number of aromatic nitrogens is 4. The summed E-state index contributed by atoms with van der Waals surface area (Å²) in [5.41, 5.74) is 6.60. The molecule has 0 bridgehead atoms. The van der Waals surface area contributed by atoms with Crippen molar-refractivity contribution in [2.24, 2.45) is 5.10 Å². The fourth-order valence-electron chi connectivity index (χ4n) is 3.68. The summed E-state index contributed by atoms with van der Waals surface area (Å²) in [6.45, 7) is 3.83. The molecular weight excluding hydrogens is 392 g/mol. The summed E-state index contributed by atoms with van der Waals surface area (Å²) in [7, 11) is -2.99. The third-order valence-electron chi connectivity index (χ3n) is 5.16. The van der Waals surface area contributed by atoms with Crippen LogP contribution in [-0.2, 0) is 21.2 Å². The molecule has 1 fully saturated rings. The van der Waals surface area contributed by atoms with Crippen molar-refractivity contribution in [1.29, 1.82) is 0 Å². The number of amides is 1. The van der Waals surface area contributed by atoms with Crippen molar-refractivity contribution in [2.45, 2.75) is 32.9 Å². The zero-order valence-corrected chi connectivity index (χ0v) is 17.1. The first-order valence-electron chi connectivity index (χ1n) is 9.32. The van der Waals surface area contributed by atoms with Crippen LogP contribution in [0, 0.1) is 13.8 Å². The molecule has 1 N–H and O–H groups in total. The number of carbonyl (C=O) groups is 1. The maximum atomic E-state index is 12.2. The van der Waals surface area contributed by atoms with E-state index in [0.717, 1.165) is 28.0 Å². The van der Waals surface area contributed by atoms with Crippen LogP contribution in [-0.4, -0.2) is 51.4 Å². The van der Waals surface area contributed by atoms with Gasteiger partial charge in [0.1, 0.15) is 6.54 Å². The quantitative estimate of drug-likeness (QED) is 0.501. The zero-order valence-electron chi connectivity index (χ0n) is 16.2. The van der Waals surface area contributed by atoms with Crippen molar-refractivity contribution in [1.82, 2.24) is 24.8 Å². The number of fused-ring (bicyclic) bond motifs is 1. The Morgan fingerprint density at radius 2 is 2.14 bits per heavy atom. The van der Waals surface area contributed by atoms with E-state index in [1.54, 1.807) is 21.8 Å². The summed E-state index contributed by atoms with van der Waals surface area (Å²) in [6.07, 6.45) is 3.75. The number of sulfone groups is 1. The number of carbonyl (C=O) groups excluding carboxylic acids is 1. The van der Waals surface area contributed by atoms with Crippen LogP contribution in [0.15, 0.2) is 35.7 Å². The molecule has 4 rings (SSSR count). The highest BCUT2D eigenvalue weighted by Crippen LogP contribution is 2.26. The van der Waals surface area contributed by atoms with Gasteiger partial charge in [0.25, 0.3) is 5.91 Å². The van der Waals surface area contributed by atoms with E-state index in [-0.39, 0.29) is 30.0 Å². The monoisotopic (exact) mass is 414 g/mol. The molecule has 29 heavy (non-hydrogen) atoms. The zero-order chi connectivity index (χ0) is 20.6. The molecule has 1 aliphatic heterocycles. The average Bonchev–Trinajstić information content (AvgIpc) is 3.33. The molecule has 1 atom stereocenters. The molecule has 1 saturated heterocycles. The smallest absolute Gasteiger partial charge is 0.260 e. The van der Waals surface area contributed by atoms with Crippen LogP contribution in [0.2, 0.25) is 0 Å². The first-order valence-corrected chi connectivity index (χ1v) is 11.1. The predicted octanol–water partition coefficient (Wildman–Crippen LogP) is 1.36. The van der Waals surface area contributed by atoms with E-state index < -0.39 is 9.84 Å². The minimum Gasteiger partial charge on any atom is -0.321 e. The Balaban J connectivity index is 1.43. The SMILES string of the molecule is Cc1nn([C@H]2CCS(=O)(=O)C2)c(C)c1/C=N\NC(=O)Cn1cnc2ccccc21. The Morgan fingerprint density at radius 3 is 2.90 bits per heavy atom. The standard InChI is InChI=1S/C19H22N6O3S/c1-13-16(14(2)25(23-13)15-7-8-29(27,28)11-15)9-21-22-19(26)10-24-12-20-17-5-3-4-6-18(17)24/h3-6,9,12,15H,7-8,10-11H2,1-2H3,(H,22,26)/b21-9-/t15-/m0/s1. The molecule has 0 spiro atoms. The lowest BCUT2D eigenvalue weighted by molar-refractivity contribution is -0.121. The van der Waals surface area contributed by atoms with E-state index in [9.17, 15) is 13.2 Å². The summed E-state index contributed by atoms with van der Waals surface area (Å²) in [5.74, 6) is 0.0357. The number of para-hydroxylation sites is 2. The third-order valence-corrected chi connectivity index (χ3v) is 6.91. The Bertz CT molecular complexity index is 1210. The Kier molecular flexibility index (Phi) is 4.95. The van der Waals surface area contributed by atoms with Gasteiger partial charge in [-0.05, 0) is 32.4 Å². The van der Waals surface area contributed by atoms with Gasteiger partial charge in [-0.3, -0.25) is 9.48 Å². The van der Waals surface area contributed by atoms with Crippen molar-refractivity contribution < 1.29 is 13.2 Å². The van der Waals surface area contributed by atoms with E-state index in [2.05, 4.69) is 20.6 Å². The van der Waals surface area contributed by atoms with Crippen molar-refractivity contribution in [2.75, 3.05) is 11.5 Å². The summed E-state index contributed by atoms with van der Waals surface area (Å²) < 4.78 is 27.0. The van der Waals surface area contributed by atoms with Crippen LogP contribution >= 0.6 is 0 Å². The lowest BCUT2D eigenvalue weighted by atomic mass is 10.2. The van der Waals surface area contributed by atoms with Crippen LogP contribution < -0.4 is 5.43 Å². The number of rotatable bonds is 5. The van der Waals surface area contributed by atoms with Crippen LogP contribution in [0.5, 0.6) is 0 Å². The van der Waals surface area contributed by atoms with Gasteiger partial charge in [0.2, 0.25) is 0 Å². The number of nitrogens with zero attached hydrogens (tertiary/aromatic N) is 5. The molecule has 1 amide bonds. The minimum atomic E-state index is -2.99. The van der Waals surface area contributed by atoms with Crippen molar-refractivity contribution >= 4 is 33.0 Å². The fraction of sp³-hybridized carbons (Fsp3) is 0.368. The second-order valence-corrected chi connectivity index (χ2v) is 9.47. The van der Waals surface area contributed by atoms with Crippen molar-refractivity contribution in [3.8, 4) is 0 Å². The Morgan fingerprint density at radius 1 is 1.34 bits per heavy atom. The van der Waals surface area contributed by atoms with Gasteiger partial charge in [-0.25, -0.2) is 18.8 Å². The van der Waals surface area contributed by atoms with Gasteiger partial charge in [0, 0.05) is 11.3 Å². The Labute approximate surface area is 168 Å². The summed E-state index contributed by atoms with van der Waals surface area (Å²) in [6, 6.07) is 7.44. The highest BCUT2D eigenvalue weighted by atomic mass is 32.2. The van der Waals surface area contributed by atoms with Crippen LogP contribution in [0.25, 0.3) is 11.0 Å². The van der Waals surface area contributed by atoms with E-state index in [0.29, 0.717) is 6.42 Å². The molecule has 10 heteroatoms. The molecule has 1 aromatic carbocycles. The molecule has 2 aromatic heterocycles. The summed E-state index contributed by atoms with van der Waals surface area (Å²) in [4.78, 5) is 16.5. The van der Waals surface area contributed by atoms with E-state index in [1.165, 1.54) is 0 Å². The Hall–Kier alpha value is -3.01. The van der Waals surface area contributed by atoms with E-state index in [4.69, 9.17) is 0 Å². The van der Waals surface area contributed by atoms with Crippen LogP contribution in [0.1, 0.15) is 29.4 Å². The maximum absolute atomic E-state index is 12.2. The summed E-state index contributed by atoms with van der Waals surface area (Å²) >= 11 is 0. The lowest BCUT2D eigenvalue weighted by Gasteiger charge is -2.10. The van der Waals surface area contributed by atoms with Gasteiger partial charge in [-0.1, -0.05) is 12.1 Å². The molecule has 3 heterocycles. The average molecular weight is 414 g/mol. The molecule has 0 saturated carbocycles. The van der Waals surface area contributed by atoms with Gasteiger partial charge in [-0.2, -0.15) is 10.2 Å². The number of hydrazone groups is 1. The fourth-order valence-corrected chi connectivity index (χ4v) is 5.37. The lowest BCUT2D eigenvalue weighted by Crippen LogP contribution is -2.22. The molecule has 1 aliphatic rings. The molecule has 152 valence electrons. The molecule has 0 unspecified atom stereocenters. The van der Waals surface area contributed by atoms with Gasteiger partial charge in [0.15, 0.2) is 9.84 Å². The van der Waals surface area contributed by atoms with Crippen LogP contribution in [0.4, 0.5) is 0 Å². The van der Waals surface area contributed by atoms with Gasteiger partial charge in [0.05, 0.1) is 46.8 Å². The van der Waals surface area contributed by atoms with Crippen molar-refractivity contribution in [3.05, 3.63) is 47.5 Å². The van der Waals surface area contributed by atoms with Gasteiger partial charge >= 0.3 is 0 Å². The number of imidazole rings is 1. The maximum Gasteiger partial charge on any atom is 0.260 e. The molecule has 9 nitrogen and oxygen atoms in total. The highest BCUT2D eigenvalue weighted by Gasteiger charge is 2.31. The van der Waals surface area contributed by atoms with E-state index >= 15 is 0 Å². The largest absolute Gasteiger partial charge is 0.321 e.